The third kappa shape index (κ3) is 4.64. The number of benzene rings is 1. The van der Waals surface area contributed by atoms with Gasteiger partial charge in [-0.1, -0.05) is 0 Å². The Morgan fingerprint density at radius 3 is 2.81 bits per heavy atom. The zero-order valence-corrected chi connectivity index (χ0v) is 15.6. The van der Waals surface area contributed by atoms with E-state index in [4.69, 9.17) is 9.47 Å². The molecule has 1 atom stereocenters. The first-order valence-corrected chi connectivity index (χ1v) is 9.23. The van der Waals surface area contributed by atoms with E-state index in [1.807, 2.05) is 53.9 Å². The summed E-state index contributed by atoms with van der Waals surface area (Å²) in [7, 11) is 1.94. The molecule has 0 radical (unpaired) electrons. The fourth-order valence-electron chi connectivity index (χ4n) is 3.23. The summed E-state index contributed by atoms with van der Waals surface area (Å²) in [5, 5.41) is 0. The summed E-state index contributed by atoms with van der Waals surface area (Å²) in [6, 6.07) is 7.36. The molecule has 6 heteroatoms. The van der Waals surface area contributed by atoms with Crippen LogP contribution >= 0.6 is 0 Å². The minimum absolute atomic E-state index is 0.0850. The molecular formula is C20H27N3O3. The largest absolute Gasteiger partial charge is 0.486 e. The Bertz CT molecular complexity index is 711. The molecule has 0 bridgehead atoms. The molecule has 1 unspecified atom stereocenters. The molecule has 140 valence electrons. The summed E-state index contributed by atoms with van der Waals surface area (Å²) >= 11 is 0. The van der Waals surface area contributed by atoms with E-state index < -0.39 is 0 Å². The average Bonchev–Trinajstić information content (AvgIpc) is 3.09. The van der Waals surface area contributed by atoms with E-state index in [1.54, 1.807) is 6.20 Å². The third-order valence-electron chi connectivity index (χ3n) is 4.75. The van der Waals surface area contributed by atoms with E-state index in [1.165, 1.54) is 0 Å². The van der Waals surface area contributed by atoms with Gasteiger partial charge in [-0.3, -0.25) is 4.79 Å². The molecule has 26 heavy (non-hydrogen) atoms. The molecule has 0 saturated carbocycles. The van der Waals surface area contributed by atoms with Crippen LogP contribution in [0.15, 0.2) is 36.7 Å². The maximum Gasteiger partial charge on any atom is 0.253 e. The van der Waals surface area contributed by atoms with E-state index in [-0.39, 0.29) is 5.91 Å². The molecule has 3 rings (SSSR count). The van der Waals surface area contributed by atoms with Crippen molar-refractivity contribution in [3.63, 3.8) is 0 Å². The SMILES string of the molecule is CCOCC1CCCN(C(=O)c2ccc(OCc3nccn3C)cc2)C1. The lowest BCUT2D eigenvalue weighted by molar-refractivity contribution is 0.0501. The minimum Gasteiger partial charge on any atom is -0.486 e. The van der Waals surface area contributed by atoms with Gasteiger partial charge in [0, 0.05) is 44.7 Å². The molecule has 1 aromatic heterocycles. The number of aromatic nitrogens is 2. The van der Waals surface area contributed by atoms with Crippen LogP contribution in [0, 0.1) is 5.92 Å². The van der Waals surface area contributed by atoms with Gasteiger partial charge in [0.05, 0.1) is 6.61 Å². The highest BCUT2D eigenvalue weighted by Gasteiger charge is 2.24. The lowest BCUT2D eigenvalue weighted by Crippen LogP contribution is -2.41. The smallest absolute Gasteiger partial charge is 0.253 e. The second-order valence-corrected chi connectivity index (χ2v) is 6.69. The van der Waals surface area contributed by atoms with Gasteiger partial charge in [0.2, 0.25) is 0 Å². The van der Waals surface area contributed by atoms with Crippen molar-refractivity contribution in [2.45, 2.75) is 26.4 Å². The number of likely N-dealkylation sites (tertiary alicyclic amines) is 1. The first-order chi connectivity index (χ1) is 12.7. The number of carbonyl (C=O) groups is 1. The molecule has 1 amide bonds. The van der Waals surface area contributed by atoms with Gasteiger partial charge in [-0.2, -0.15) is 0 Å². The second-order valence-electron chi connectivity index (χ2n) is 6.69. The Morgan fingerprint density at radius 2 is 2.12 bits per heavy atom. The van der Waals surface area contributed by atoms with Crippen molar-refractivity contribution in [2.75, 3.05) is 26.3 Å². The van der Waals surface area contributed by atoms with E-state index in [0.717, 1.165) is 50.7 Å². The highest BCUT2D eigenvalue weighted by Crippen LogP contribution is 2.20. The van der Waals surface area contributed by atoms with Gasteiger partial charge >= 0.3 is 0 Å². The highest BCUT2D eigenvalue weighted by atomic mass is 16.5. The van der Waals surface area contributed by atoms with Crippen molar-refractivity contribution >= 4 is 5.91 Å². The van der Waals surface area contributed by atoms with Gasteiger partial charge in [0.1, 0.15) is 18.2 Å². The Balaban J connectivity index is 1.55. The standard InChI is InChI=1S/C20H27N3O3/c1-3-25-14-16-5-4-11-23(13-16)20(24)17-6-8-18(9-7-17)26-15-19-21-10-12-22(19)2/h6-10,12,16H,3-5,11,13-15H2,1-2H3. The average molecular weight is 357 g/mol. The number of hydrogen-bond donors (Lipinski definition) is 0. The van der Waals surface area contributed by atoms with Crippen molar-refractivity contribution in [3.8, 4) is 5.75 Å². The predicted molar refractivity (Wildman–Crippen MR) is 99.1 cm³/mol. The van der Waals surface area contributed by atoms with Crippen molar-refractivity contribution in [2.24, 2.45) is 13.0 Å². The van der Waals surface area contributed by atoms with Crippen molar-refractivity contribution in [3.05, 3.63) is 48.0 Å². The molecule has 1 saturated heterocycles. The van der Waals surface area contributed by atoms with Crippen LogP contribution in [-0.4, -0.2) is 46.7 Å². The van der Waals surface area contributed by atoms with Gasteiger partial charge in [-0.05, 0) is 49.9 Å². The number of piperidine rings is 1. The van der Waals surface area contributed by atoms with Crippen LogP contribution in [0.5, 0.6) is 5.75 Å². The Hall–Kier alpha value is -2.34. The summed E-state index contributed by atoms with van der Waals surface area (Å²) < 4.78 is 13.2. The van der Waals surface area contributed by atoms with Crippen LogP contribution in [0.25, 0.3) is 0 Å². The quantitative estimate of drug-likeness (QED) is 0.765. The molecule has 1 fully saturated rings. The van der Waals surface area contributed by atoms with E-state index >= 15 is 0 Å². The molecule has 0 aliphatic carbocycles. The number of nitrogens with zero attached hydrogens (tertiary/aromatic N) is 3. The summed E-state index contributed by atoms with van der Waals surface area (Å²) in [6.07, 6.45) is 5.80. The molecule has 1 aliphatic rings. The van der Waals surface area contributed by atoms with E-state index in [2.05, 4.69) is 4.98 Å². The molecule has 0 spiro atoms. The van der Waals surface area contributed by atoms with Crippen LogP contribution in [-0.2, 0) is 18.4 Å². The lowest BCUT2D eigenvalue weighted by atomic mass is 9.98. The molecule has 2 aromatic rings. The summed E-state index contributed by atoms with van der Waals surface area (Å²) in [5.74, 6) is 2.12. The maximum absolute atomic E-state index is 12.8. The Morgan fingerprint density at radius 1 is 1.31 bits per heavy atom. The molecular weight excluding hydrogens is 330 g/mol. The molecule has 0 N–H and O–H groups in total. The third-order valence-corrected chi connectivity index (χ3v) is 4.75. The van der Waals surface area contributed by atoms with Crippen LogP contribution in [0.2, 0.25) is 0 Å². The first-order valence-electron chi connectivity index (χ1n) is 9.23. The van der Waals surface area contributed by atoms with Crippen molar-refractivity contribution in [1.29, 1.82) is 0 Å². The van der Waals surface area contributed by atoms with Crippen LogP contribution in [0.4, 0.5) is 0 Å². The number of carbonyl (C=O) groups excluding carboxylic acids is 1. The lowest BCUT2D eigenvalue weighted by Gasteiger charge is -2.32. The number of rotatable bonds is 7. The highest BCUT2D eigenvalue weighted by molar-refractivity contribution is 5.94. The number of aryl methyl sites for hydroxylation is 1. The zero-order chi connectivity index (χ0) is 18.4. The van der Waals surface area contributed by atoms with Gasteiger partial charge in [-0.25, -0.2) is 4.98 Å². The van der Waals surface area contributed by atoms with Gasteiger partial charge in [0.15, 0.2) is 0 Å². The molecule has 2 heterocycles. The van der Waals surface area contributed by atoms with Crippen LogP contribution < -0.4 is 4.74 Å². The van der Waals surface area contributed by atoms with Crippen LogP contribution in [0.1, 0.15) is 35.9 Å². The van der Waals surface area contributed by atoms with Crippen molar-refractivity contribution in [1.82, 2.24) is 14.5 Å². The molecule has 6 nitrogen and oxygen atoms in total. The monoisotopic (exact) mass is 357 g/mol. The number of amides is 1. The maximum atomic E-state index is 12.8. The predicted octanol–water partition coefficient (Wildman–Crippen LogP) is 2.89. The summed E-state index contributed by atoms with van der Waals surface area (Å²) in [6.45, 7) is 5.46. The zero-order valence-electron chi connectivity index (χ0n) is 15.6. The topological polar surface area (TPSA) is 56.6 Å². The fourth-order valence-corrected chi connectivity index (χ4v) is 3.23. The van der Waals surface area contributed by atoms with Gasteiger partial charge in [0.25, 0.3) is 5.91 Å². The molecule has 1 aliphatic heterocycles. The Labute approximate surface area is 154 Å². The summed E-state index contributed by atoms with van der Waals surface area (Å²) in [5.41, 5.74) is 0.700. The minimum atomic E-state index is 0.0850. The molecule has 1 aromatic carbocycles. The number of ether oxygens (including phenoxy) is 2. The summed E-state index contributed by atoms with van der Waals surface area (Å²) in [4.78, 5) is 18.9. The number of hydrogen-bond acceptors (Lipinski definition) is 4. The number of imidazole rings is 1. The first kappa shape index (κ1) is 18.5. The Kier molecular flexibility index (Phi) is 6.28. The second kappa shape index (κ2) is 8.85. The van der Waals surface area contributed by atoms with E-state index in [0.29, 0.717) is 18.1 Å². The van der Waals surface area contributed by atoms with Gasteiger partial charge in [-0.15, -0.1) is 0 Å². The van der Waals surface area contributed by atoms with Gasteiger partial charge < -0.3 is 18.9 Å². The van der Waals surface area contributed by atoms with Crippen LogP contribution in [0.3, 0.4) is 0 Å². The van der Waals surface area contributed by atoms with Crippen molar-refractivity contribution < 1.29 is 14.3 Å². The normalized spacial score (nSPS) is 17.3. The van der Waals surface area contributed by atoms with E-state index in [9.17, 15) is 4.79 Å². The fraction of sp³-hybridized carbons (Fsp3) is 0.500.